The maximum atomic E-state index is 12.0. The zero-order valence-electron chi connectivity index (χ0n) is 13.4. The third-order valence-corrected chi connectivity index (χ3v) is 4.24. The smallest absolute Gasteiger partial charge is 0.293 e. The van der Waals surface area contributed by atoms with Gasteiger partial charge in [0.2, 0.25) is 5.91 Å². The summed E-state index contributed by atoms with van der Waals surface area (Å²) in [7, 11) is 0. The first-order valence-corrected chi connectivity index (χ1v) is 8.68. The van der Waals surface area contributed by atoms with Crippen molar-refractivity contribution in [2.45, 2.75) is 12.8 Å². The van der Waals surface area contributed by atoms with Gasteiger partial charge >= 0.3 is 0 Å². The van der Waals surface area contributed by atoms with E-state index < -0.39 is 0 Å². The molecule has 0 aliphatic rings. The Balaban J connectivity index is 1.44. The Morgan fingerprint density at radius 3 is 2.72 bits per heavy atom. The third-order valence-electron chi connectivity index (χ3n) is 3.44. The number of aromatic nitrogens is 1. The molecule has 2 N–H and O–H groups in total. The topological polar surface area (TPSA) is 84.2 Å². The average molecular weight is 355 g/mol. The molecule has 0 atom stereocenters. The molecule has 128 valence electrons. The number of rotatable bonds is 7. The van der Waals surface area contributed by atoms with Crippen LogP contribution in [0.4, 0.5) is 5.13 Å². The minimum absolute atomic E-state index is 0.0925. The van der Waals surface area contributed by atoms with Gasteiger partial charge in [-0.15, -0.1) is 11.3 Å². The van der Waals surface area contributed by atoms with E-state index in [4.69, 9.17) is 4.42 Å². The SMILES string of the molecule is O=C(Cc1csc(NC(=O)c2ccco2)n1)NCCc1ccccc1. The second-order valence-electron chi connectivity index (χ2n) is 5.34. The van der Waals surface area contributed by atoms with Gasteiger partial charge in [-0.1, -0.05) is 30.3 Å². The van der Waals surface area contributed by atoms with Crippen LogP contribution >= 0.6 is 11.3 Å². The molecule has 0 unspecified atom stereocenters. The van der Waals surface area contributed by atoms with Crippen molar-refractivity contribution >= 4 is 28.3 Å². The number of carbonyl (C=O) groups excluding carboxylic acids is 2. The van der Waals surface area contributed by atoms with E-state index in [-0.39, 0.29) is 24.0 Å². The summed E-state index contributed by atoms with van der Waals surface area (Å²) in [6.45, 7) is 0.578. The standard InChI is InChI=1S/C18H17N3O3S/c22-16(19-9-8-13-5-2-1-3-6-13)11-14-12-25-18(20-14)21-17(23)15-7-4-10-24-15/h1-7,10,12H,8-9,11H2,(H,19,22)(H,20,21,23). The molecule has 25 heavy (non-hydrogen) atoms. The van der Waals surface area contributed by atoms with E-state index in [1.54, 1.807) is 17.5 Å². The molecule has 0 aliphatic carbocycles. The van der Waals surface area contributed by atoms with E-state index >= 15 is 0 Å². The summed E-state index contributed by atoms with van der Waals surface area (Å²) in [4.78, 5) is 28.1. The quantitative estimate of drug-likeness (QED) is 0.682. The number of furan rings is 1. The molecule has 0 fully saturated rings. The van der Waals surface area contributed by atoms with Crippen molar-refractivity contribution in [2.24, 2.45) is 0 Å². The van der Waals surface area contributed by atoms with Gasteiger partial charge in [-0.3, -0.25) is 14.9 Å². The van der Waals surface area contributed by atoms with Crippen LogP contribution < -0.4 is 10.6 Å². The van der Waals surface area contributed by atoms with E-state index in [1.165, 1.54) is 23.2 Å². The Hall–Kier alpha value is -2.93. The number of hydrogen-bond donors (Lipinski definition) is 2. The average Bonchev–Trinajstić information content (AvgIpc) is 3.28. The first-order chi connectivity index (χ1) is 12.2. The molecule has 3 aromatic rings. The molecule has 1 aromatic carbocycles. The number of amides is 2. The fourth-order valence-electron chi connectivity index (χ4n) is 2.23. The van der Waals surface area contributed by atoms with Crippen molar-refractivity contribution in [3.05, 3.63) is 71.1 Å². The molecule has 0 saturated heterocycles. The Labute approximate surface area is 148 Å². The van der Waals surface area contributed by atoms with Gasteiger partial charge in [0.1, 0.15) is 0 Å². The Morgan fingerprint density at radius 2 is 1.96 bits per heavy atom. The molecule has 0 aliphatic heterocycles. The zero-order chi connectivity index (χ0) is 17.5. The fraction of sp³-hybridized carbons (Fsp3) is 0.167. The van der Waals surface area contributed by atoms with Crippen LogP contribution in [0.15, 0.2) is 58.5 Å². The lowest BCUT2D eigenvalue weighted by Crippen LogP contribution is -2.27. The normalized spacial score (nSPS) is 10.4. The largest absolute Gasteiger partial charge is 0.459 e. The van der Waals surface area contributed by atoms with Crippen LogP contribution in [0.3, 0.4) is 0 Å². The van der Waals surface area contributed by atoms with Crippen LogP contribution in [0.25, 0.3) is 0 Å². The summed E-state index contributed by atoms with van der Waals surface area (Å²) in [5, 5.41) is 7.72. The lowest BCUT2D eigenvalue weighted by Gasteiger charge is -2.04. The highest BCUT2D eigenvalue weighted by atomic mass is 32.1. The molecule has 6 nitrogen and oxygen atoms in total. The van der Waals surface area contributed by atoms with Crippen molar-refractivity contribution in [3.8, 4) is 0 Å². The number of benzene rings is 1. The summed E-state index contributed by atoms with van der Waals surface area (Å²) in [6, 6.07) is 13.2. The molecule has 0 saturated carbocycles. The number of anilines is 1. The first kappa shape index (κ1) is 16.9. The highest BCUT2D eigenvalue weighted by Crippen LogP contribution is 2.17. The van der Waals surface area contributed by atoms with Gasteiger partial charge in [-0.05, 0) is 24.1 Å². The van der Waals surface area contributed by atoms with E-state index in [0.717, 1.165) is 6.42 Å². The van der Waals surface area contributed by atoms with Crippen LogP contribution in [0.1, 0.15) is 21.8 Å². The lowest BCUT2D eigenvalue weighted by molar-refractivity contribution is -0.120. The van der Waals surface area contributed by atoms with Gasteiger partial charge in [0.25, 0.3) is 5.91 Å². The van der Waals surface area contributed by atoms with Crippen LogP contribution in [-0.4, -0.2) is 23.3 Å². The second kappa shape index (κ2) is 8.25. The second-order valence-corrected chi connectivity index (χ2v) is 6.20. The van der Waals surface area contributed by atoms with Crippen LogP contribution in [-0.2, 0) is 17.6 Å². The van der Waals surface area contributed by atoms with Gasteiger partial charge < -0.3 is 9.73 Å². The number of hydrogen-bond acceptors (Lipinski definition) is 5. The van der Waals surface area contributed by atoms with Gasteiger partial charge in [0, 0.05) is 11.9 Å². The monoisotopic (exact) mass is 355 g/mol. The van der Waals surface area contributed by atoms with Crippen LogP contribution in [0.2, 0.25) is 0 Å². The first-order valence-electron chi connectivity index (χ1n) is 7.80. The molecule has 0 radical (unpaired) electrons. The molecule has 0 spiro atoms. The van der Waals surface area contributed by atoms with Crippen molar-refractivity contribution in [3.63, 3.8) is 0 Å². The summed E-state index contributed by atoms with van der Waals surface area (Å²) in [5.74, 6) is -0.237. The molecule has 0 bridgehead atoms. The van der Waals surface area contributed by atoms with Crippen molar-refractivity contribution in [2.75, 3.05) is 11.9 Å². The predicted octanol–water partition coefficient (Wildman–Crippen LogP) is 2.89. The van der Waals surface area contributed by atoms with Crippen molar-refractivity contribution in [1.82, 2.24) is 10.3 Å². The number of thiazole rings is 1. The molecule has 2 amide bonds. The Bertz CT molecular complexity index is 828. The molecular formula is C18H17N3O3S. The molecule has 3 rings (SSSR count). The maximum absolute atomic E-state index is 12.0. The van der Waals surface area contributed by atoms with E-state index in [0.29, 0.717) is 17.4 Å². The molecular weight excluding hydrogens is 338 g/mol. The Morgan fingerprint density at radius 1 is 1.12 bits per heavy atom. The third kappa shape index (κ3) is 5.02. The number of carbonyl (C=O) groups is 2. The summed E-state index contributed by atoms with van der Waals surface area (Å²) in [5.41, 5.74) is 1.80. The fourth-order valence-corrected chi connectivity index (χ4v) is 2.94. The summed E-state index contributed by atoms with van der Waals surface area (Å²) in [6.07, 6.45) is 2.40. The van der Waals surface area contributed by atoms with Gasteiger partial charge in [0.15, 0.2) is 10.9 Å². The van der Waals surface area contributed by atoms with Crippen LogP contribution in [0, 0.1) is 0 Å². The van der Waals surface area contributed by atoms with Crippen molar-refractivity contribution in [1.29, 1.82) is 0 Å². The van der Waals surface area contributed by atoms with Crippen molar-refractivity contribution < 1.29 is 14.0 Å². The van der Waals surface area contributed by atoms with E-state index in [9.17, 15) is 9.59 Å². The maximum Gasteiger partial charge on any atom is 0.293 e. The van der Waals surface area contributed by atoms with Gasteiger partial charge in [-0.25, -0.2) is 4.98 Å². The lowest BCUT2D eigenvalue weighted by atomic mass is 10.1. The Kier molecular flexibility index (Phi) is 5.58. The number of nitrogens with zero attached hydrogens (tertiary/aromatic N) is 1. The summed E-state index contributed by atoms with van der Waals surface area (Å²) < 4.78 is 5.02. The minimum atomic E-state index is -0.363. The van der Waals surface area contributed by atoms with E-state index in [2.05, 4.69) is 15.6 Å². The van der Waals surface area contributed by atoms with E-state index in [1.807, 2.05) is 30.3 Å². The molecule has 7 heteroatoms. The number of nitrogens with one attached hydrogen (secondary N) is 2. The minimum Gasteiger partial charge on any atom is -0.459 e. The molecule has 2 aromatic heterocycles. The van der Waals surface area contributed by atoms with Gasteiger partial charge in [0.05, 0.1) is 18.4 Å². The van der Waals surface area contributed by atoms with Gasteiger partial charge in [-0.2, -0.15) is 0 Å². The molecule has 2 heterocycles. The predicted molar refractivity (Wildman–Crippen MR) is 95.6 cm³/mol. The zero-order valence-corrected chi connectivity index (χ0v) is 14.2. The highest BCUT2D eigenvalue weighted by molar-refractivity contribution is 7.14. The highest BCUT2D eigenvalue weighted by Gasteiger charge is 2.12. The van der Waals surface area contributed by atoms with Crippen LogP contribution in [0.5, 0.6) is 0 Å². The summed E-state index contributed by atoms with van der Waals surface area (Å²) >= 11 is 1.27.